The second-order valence-electron chi connectivity index (χ2n) is 6.13. The Labute approximate surface area is 170 Å². The Kier molecular flexibility index (Phi) is 8.69. The summed E-state index contributed by atoms with van der Waals surface area (Å²) in [7, 11) is 0. The monoisotopic (exact) mass is 404 g/mol. The number of halogens is 1. The second-order valence-corrected chi connectivity index (χ2v) is 7.73. The first-order valence-corrected chi connectivity index (χ1v) is 10.4. The highest BCUT2D eigenvalue weighted by Gasteiger charge is 2.25. The molecule has 6 heteroatoms. The summed E-state index contributed by atoms with van der Waals surface area (Å²) in [6, 6.07) is 16.8. The number of benzene rings is 2. The van der Waals surface area contributed by atoms with Gasteiger partial charge in [0.15, 0.2) is 0 Å². The van der Waals surface area contributed by atoms with Crippen molar-refractivity contribution in [3.05, 3.63) is 65.2 Å². The third-order valence-electron chi connectivity index (χ3n) is 4.11. The molecular weight excluding hydrogens is 380 g/mol. The molecule has 0 aliphatic heterocycles. The highest BCUT2D eigenvalue weighted by atomic mass is 35.5. The van der Waals surface area contributed by atoms with Crippen molar-refractivity contribution in [1.29, 1.82) is 0 Å². The van der Waals surface area contributed by atoms with Gasteiger partial charge >= 0.3 is 0 Å². The number of hydrogen-bond acceptors (Lipinski definition) is 3. The van der Waals surface area contributed by atoms with E-state index in [1.807, 2.05) is 49.4 Å². The lowest BCUT2D eigenvalue weighted by Crippen LogP contribution is -2.47. The van der Waals surface area contributed by atoms with Gasteiger partial charge in [0.2, 0.25) is 11.8 Å². The minimum Gasteiger partial charge on any atom is -0.355 e. The van der Waals surface area contributed by atoms with Crippen LogP contribution in [-0.2, 0) is 16.1 Å². The molecule has 0 aliphatic carbocycles. The fraction of sp³-hybridized carbons (Fsp3) is 0.333. The predicted octanol–water partition coefficient (Wildman–Crippen LogP) is 4.38. The van der Waals surface area contributed by atoms with Crippen molar-refractivity contribution in [1.82, 2.24) is 10.2 Å². The Morgan fingerprint density at radius 3 is 2.41 bits per heavy atom. The number of carbonyl (C=O) groups is 2. The molecule has 1 N–H and O–H groups in total. The van der Waals surface area contributed by atoms with E-state index in [0.29, 0.717) is 30.3 Å². The van der Waals surface area contributed by atoms with Crippen LogP contribution in [0.1, 0.15) is 25.8 Å². The average Bonchev–Trinajstić information content (AvgIpc) is 2.68. The summed E-state index contributed by atoms with van der Waals surface area (Å²) in [6.45, 7) is 4.55. The van der Waals surface area contributed by atoms with Crippen molar-refractivity contribution in [2.75, 3.05) is 12.3 Å². The van der Waals surface area contributed by atoms with E-state index < -0.39 is 6.04 Å². The predicted molar refractivity (Wildman–Crippen MR) is 112 cm³/mol. The topological polar surface area (TPSA) is 49.4 Å². The van der Waals surface area contributed by atoms with Gasteiger partial charge in [0.1, 0.15) is 6.04 Å². The van der Waals surface area contributed by atoms with Crippen LogP contribution in [0.25, 0.3) is 0 Å². The van der Waals surface area contributed by atoms with Gasteiger partial charge in [-0.15, -0.1) is 11.8 Å². The number of nitrogens with zero attached hydrogens (tertiary/aromatic N) is 1. The zero-order valence-corrected chi connectivity index (χ0v) is 17.2. The van der Waals surface area contributed by atoms with Crippen molar-refractivity contribution >= 4 is 35.2 Å². The molecule has 2 aromatic carbocycles. The molecule has 144 valence electrons. The van der Waals surface area contributed by atoms with Gasteiger partial charge in [-0.25, -0.2) is 0 Å². The van der Waals surface area contributed by atoms with Crippen LogP contribution in [0.15, 0.2) is 59.5 Å². The number of hydrogen-bond donors (Lipinski definition) is 1. The molecule has 2 aromatic rings. The maximum absolute atomic E-state index is 12.9. The Hall–Kier alpha value is -1.98. The zero-order chi connectivity index (χ0) is 19.6. The number of rotatable bonds is 9. The Morgan fingerprint density at radius 1 is 1.11 bits per heavy atom. The van der Waals surface area contributed by atoms with Crippen LogP contribution in [0.3, 0.4) is 0 Å². The molecule has 0 heterocycles. The van der Waals surface area contributed by atoms with Gasteiger partial charge in [-0.1, -0.05) is 41.9 Å². The summed E-state index contributed by atoms with van der Waals surface area (Å²) in [5, 5.41) is 3.44. The molecule has 2 amide bonds. The van der Waals surface area contributed by atoms with Crippen molar-refractivity contribution in [2.45, 2.75) is 37.8 Å². The van der Waals surface area contributed by atoms with E-state index in [0.717, 1.165) is 10.5 Å². The molecule has 1 atom stereocenters. The highest BCUT2D eigenvalue weighted by Crippen LogP contribution is 2.20. The molecule has 0 aromatic heterocycles. The molecular formula is C21H25ClN2O2S. The first-order chi connectivity index (χ1) is 13.0. The normalized spacial score (nSPS) is 11.7. The highest BCUT2D eigenvalue weighted by molar-refractivity contribution is 7.99. The van der Waals surface area contributed by atoms with E-state index in [1.165, 1.54) is 0 Å². The van der Waals surface area contributed by atoms with Crippen molar-refractivity contribution < 1.29 is 9.59 Å². The fourth-order valence-corrected chi connectivity index (χ4v) is 3.60. The van der Waals surface area contributed by atoms with Gasteiger partial charge in [0, 0.05) is 35.2 Å². The van der Waals surface area contributed by atoms with E-state index in [4.69, 9.17) is 11.6 Å². The maximum Gasteiger partial charge on any atom is 0.242 e. The summed E-state index contributed by atoms with van der Waals surface area (Å²) >= 11 is 7.58. The van der Waals surface area contributed by atoms with E-state index in [1.54, 1.807) is 35.7 Å². The molecule has 0 spiro atoms. The number of thioether (sulfide) groups is 1. The van der Waals surface area contributed by atoms with Gasteiger partial charge < -0.3 is 10.2 Å². The van der Waals surface area contributed by atoms with E-state index in [-0.39, 0.29) is 11.8 Å². The quantitative estimate of drug-likeness (QED) is 0.631. The minimum atomic E-state index is -0.533. The standard InChI is InChI=1S/C21H25ClN2O2S/c1-3-23-21(26)16(2)24(15-17-9-11-18(22)12-10-17)20(25)13-14-27-19-7-5-4-6-8-19/h4-12,16H,3,13-15H2,1-2H3,(H,23,26)/t16-/m0/s1. The van der Waals surface area contributed by atoms with Crippen LogP contribution in [0, 0.1) is 0 Å². The van der Waals surface area contributed by atoms with Crippen molar-refractivity contribution in [2.24, 2.45) is 0 Å². The van der Waals surface area contributed by atoms with Crippen LogP contribution in [0.2, 0.25) is 5.02 Å². The first-order valence-electron chi connectivity index (χ1n) is 9.00. The third kappa shape index (κ3) is 6.92. The molecule has 0 radical (unpaired) electrons. The van der Waals surface area contributed by atoms with Crippen LogP contribution in [0.5, 0.6) is 0 Å². The third-order valence-corrected chi connectivity index (χ3v) is 5.38. The Balaban J connectivity index is 2.03. The minimum absolute atomic E-state index is 0.0351. The summed E-state index contributed by atoms with van der Waals surface area (Å²) in [4.78, 5) is 27.9. The average molecular weight is 405 g/mol. The van der Waals surface area contributed by atoms with Crippen LogP contribution >= 0.6 is 23.4 Å². The largest absolute Gasteiger partial charge is 0.355 e. The summed E-state index contributed by atoms with van der Waals surface area (Å²) in [6.07, 6.45) is 0.372. The summed E-state index contributed by atoms with van der Waals surface area (Å²) < 4.78 is 0. The van der Waals surface area contributed by atoms with Gasteiger partial charge in [0.25, 0.3) is 0 Å². The van der Waals surface area contributed by atoms with Crippen molar-refractivity contribution in [3.8, 4) is 0 Å². The molecule has 0 unspecified atom stereocenters. The lowest BCUT2D eigenvalue weighted by atomic mass is 10.1. The molecule has 4 nitrogen and oxygen atoms in total. The number of likely N-dealkylation sites (N-methyl/N-ethyl adjacent to an activating group) is 1. The zero-order valence-electron chi connectivity index (χ0n) is 15.7. The van der Waals surface area contributed by atoms with Crippen LogP contribution < -0.4 is 5.32 Å². The summed E-state index contributed by atoms with van der Waals surface area (Å²) in [5.74, 6) is 0.491. The molecule has 27 heavy (non-hydrogen) atoms. The fourth-order valence-electron chi connectivity index (χ4n) is 2.61. The van der Waals surface area contributed by atoms with Gasteiger partial charge in [-0.3, -0.25) is 9.59 Å². The van der Waals surface area contributed by atoms with Crippen LogP contribution in [-0.4, -0.2) is 35.1 Å². The number of nitrogens with one attached hydrogen (secondary N) is 1. The SMILES string of the molecule is CCNC(=O)[C@H](C)N(Cc1ccc(Cl)cc1)C(=O)CCSc1ccccc1. The Morgan fingerprint density at radius 2 is 1.78 bits per heavy atom. The van der Waals surface area contributed by atoms with Gasteiger partial charge in [-0.2, -0.15) is 0 Å². The molecule has 0 aliphatic rings. The lowest BCUT2D eigenvalue weighted by molar-refractivity contribution is -0.140. The molecule has 0 saturated heterocycles. The van der Waals surface area contributed by atoms with Gasteiger partial charge in [0.05, 0.1) is 0 Å². The van der Waals surface area contributed by atoms with E-state index in [9.17, 15) is 9.59 Å². The number of amides is 2. The van der Waals surface area contributed by atoms with E-state index in [2.05, 4.69) is 5.32 Å². The first kappa shape index (κ1) is 21.3. The Bertz CT molecular complexity index is 738. The molecule has 0 fully saturated rings. The lowest BCUT2D eigenvalue weighted by Gasteiger charge is -2.28. The molecule has 0 saturated carbocycles. The molecule has 0 bridgehead atoms. The maximum atomic E-state index is 12.9. The summed E-state index contributed by atoms with van der Waals surface area (Å²) in [5.41, 5.74) is 0.944. The number of carbonyl (C=O) groups excluding carboxylic acids is 2. The smallest absolute Gasteiger partial charge is 0.242 e. The molecule has 2 rings (SSSR count). The van der Waals surface area contributed by atoms with Crippen molar-refractivity contribution in [3.63, 3.8) is 0 Å². The van der Waals surface area contributed by atoms with Gasteiger partial charge in [-0.05, 0) is 43.7 Å². The van der Waals surface area contributed by atoms with E-state index >= 15 is 0 Å². The van der Waals surface area contributed by atoms with Crippen LogP contribution in [0.4, 0.5) is 0 Å². The second kappa shape index (κ2) is 11.0.